The molecule has 16 heavy (non-hydrogen) atoms. The Morgan fingerprint density at radius 2 is 1.81 bits per heavy atom. The lowest BCUT2D eigenvalue weighted by atomic mass is 10.0. The van der Waals surface area contributed by atoms with Crippen LogP contribution in [-0.2, 0) is 6.42 Å². The van der Waals surface area contributed by atoms with Crippen LogP contribution in [0.1, 0.15) is 29.7 Å². The SMILES string of the molecule is CCc1ccc([C@@H](N)c2ccsc2)cc1.Cl. The highest BCUT2D eigenvalue weighted by Gasteiger charge is 2.08. The van der Waals surface area contributed by atoms with Gasteiger partial charge in [0.2, 0.25) is 0 Å². The van der Waals surface area contributed by atoms with Gasteiger partial charge in [0, 0.05) is 0 Å². The van der Waals surface area contributed by atoms with E-state index in [-0.39, 0.29) is 18.4 Å². The van der Waals surface area contributed by atoms with E-state index < -0.39 is 0 Å². The van der Waals surface area contributed by atoms with Crippen LogP contribution >= 0.6 is 23.7 Å². The lowest BCUT2D eigenvalue weighted by Gasteiger charge is -2.10. The molecule has 0 aliphatic rings. The number of aryl methyl sites for hydroxylation is 1. The van der Waals surface area contributed by atoms with Crippen molar-refractivity contribution in [2.45, 2.75) is 19.4 Å². The van der Waals surface area contributed by atoms with Crippen molar-refractivity contribution in [1.82, 2.24) is 0 Å². The number of rotatable bonds is 3. The Morgan fingerprint density at radius 3 is 2.31 bits per heavy atom. The molecule has 2 N–H and O–H groups in total. The van der Waals surface area contributed by atoms with Crippen molar-refractivity contribution >= 4 is 23.7 Å². The second-order valence-corrected chi connectivity index (χ2v) is 4.41. The molecule has 0 aliphatic carbocycles. The van der Waals surface area contributed by atoms with Gasteiger partial charge in [-0.3, -0.25) is 0 Å². The zero-order valence-electron chi connectivity index (χ0n) is 9.22. The van der Waals surface area contributed by atoms with Crippen LogP contribution in [0.2, 0.25) is 0 Å². The van der Waals surface area contributed by atoms with E-state index in [1.54, 1.807) is 11.3 Å². The number of nitrogens with two attached hydrogens (primary N) is 1. The summed E-state index contributed by atoms with van der Waals surface area (Å²) in [4.78, 5) is 0. The quantitative estimate of drug-likeness (QED) is 0.885. The van der Waals surface area contributed by atoms with Crippen molar-refractivity contribution < 1.29 is 0 Å². The van der Waals surface area contributed by atoms with E-state index in [2.05, 4.69) is 48.0 Å². The summed E-state index contributed by atoms with van der Waals surface area (Å²) in [6, 6.07) is 10.7. The third-order valence-corrected chi connectivity index (χ3v) is 3.35. The number of benzene rings is 1. The van der Waals surface area contributed by atoms with Gasteiger partial charge in [-0.15, -0.1) is 12.4 Å². The fourth-order valence-corrected chi connectivity index (χ4v) is 2.30. The average Bonchev–Trinajstić information content (AvgIpc) is 2.82. The maximum absolute atomic E-state index is 6.16. The van der Waals surface area contributed by atoms with Crippen LogP contribution in [-0.4, -0.2) is 0 Å². The van der Waals surface area contributed by atoms with Crippen molar-refractivity contribution in [3.8, 4) is 0 Å². The summed E-state index contributed by atoms with van der Waals surface area (Å²) in [6.07, 6.45) is 1.08. The lowest BCUT2D eigenvalue weighted by molar-refractivity contribution is 0.875. The number of halogens is 1. The minimum Gasteiger partial charge on any atom is -0.320 e. The lowest BCUT2D eigenvalue weighted by Crippen LogP contribution is -2.10. The van der Waals surface area contributed by atoms with Gasteiger partial charge < -0.3 is 5.73 Å². The van der Waals surface area contributed by atoms with Gasteiger partial charge in [0.05, 0.1) is 6.04 Å². The molecule has 3 heteroatoms. The summed E-state index contributed by atoms with van der Waals surface area (Å²) in [5.41, 5.74) is 9.90. The van der Waals surface area contributed by atoms with Gasteiger partial charge in [-0.05, 0) is 39.9 Å². The molecular weight excluding hydrogens is 238 g/mol. The number of hydrogen-bond acceptors (Lipinski definition) is 2. The molecule has 1 aromatic heterocycles. The van der Waals surface area contributed by atoms with Crippen molar-refractivity contribution in [3.63, 3.8) is 0 Å². The summed E-state index contributed by atoms with van der Waals surface area (Å²) in [6.45, 7) is 2.16. The van der Waals surface area contributed by atoms with E-state index in [0.717, 1.165) is 6.42 Å². The van der Waals surface area contributed by atoms with Gasteiger partial charge in [-0.1, -0.05) is 31.2 Å². The zero-order valence-corrected chi connectivity index (χ0v) is 10.9. The number of thiophene rings is 1. The van der Waals surface area contributed by atoms with Crippen molar-refractivity contribution in [2.75, 3.05) is 0 Å². The Morgan fingerprint density at radius 1 is 1.12 bits per heavy atom. The zero-order chi connectivity index (χ0) is 10.7. The molecule has 2 aromatic rings. The predicted molar refractivity (Wildman–Crippen MR) is 73.4 cm³/mol. The summed E-state index contributed by atoms with van der Waals surface area (Å²) in [5, 5.41) is 4.17. The molecule has 1 heterocycles. The molecule has 1 nitrogen and oxygen atoms in total. The van der Waals surface area contributed by atoms with Crippen LogP contribution in [0.3, 0.4) is 0 Å². The van der Waals surface area contributed by atoms with Gasteiger partial charge in [0.1, 0.15) is 0 Å². The van der Waals surface area contributed by atoms with E-state index in [4.69, 9.17) is 5.73 Å². The molecule has 0 saturated heterocycles. The first-order chi connectivity index (χ1) is 7.31. The van der Waals surface area contributed by atoms with Gasteiger partial charge in [-0.2, -0.15) is 11.3 Å². The topological polar surface area (TPSA) is 26.0 Å². The molecule has 86 valence electrons. The van der Waals surface area contributed by atoms with Crippen molar-refractivity contribution in [1.29, 1.82) is 0 Å². The minimum absolute atomic E-state index is 0. The van der Waals surface area contributed by atoms with Crippen LogP contribution in [0, 0.1) is 0 Å². The Kier molecular flexibility index (Phi) is 5.00. The van der Waals surface area contributed by atoms with E-state index >= 15 is 0 Å². The fraction of sp³-hybridized carbons (Fsp3) is 0.231. The van der Waals surface area contributed by atoms with Crippen LogP contribution in [0.25, 0.3) is 0 Å². The van der Waals surface area contributed by atoms with Crippen LogP contribution < -0.4 is 5.73 Å². The molecule has 0 radical (unpaired) electrons. The highest BCUT2D eigenvalue weighted by atomic mass is 35.5. The van der Waals surface area contributed by atoms with Crippen LogP contribution in [0.5, 0.6) is 0 Å². The Balaban J connectivity index is 0.00000128. The molecule has 2 rings (SSSR count). The third-order valence-electron chi connectivity index (χ3n) is 2.65. The van der Waals surface area contributed by atoms with Crippen molar-refractivity contribution in [2.24, 2.45) is 5.73 Å². The summed E-state index contributed by atoms with van der Waals surface area (Å²) < 4.78 is 0. The van der Waals surface area contributed by atoms with Crippen LogP contribution in [0.4, 0.5) is 0 Å². The summed E-state index contributed by atoms with van der Waals surface area (Å²) >= 11 is 1.69. The molecule has 0 saturated carbocycles. The standard InChI is InChI=1S/C13H15NS.ClH/c1-2-10-3-5-11(6-4-10)13(14)12-7-8-15-9-12;/h3-9,13H,2,14H2,1H3;1H/t13-;/m1./s1. The normalized spacial score (nSPS) is 11.9. The van der Waals surface area contributed by atoms with E-state index in [0.29, 0.717) is 0 Å². The van der Waals surface area contributed by atoms with Crippen LogP contribution in [0.15, 0.2) is 41.1 Å². The first-order valence-corrected chi connectivity index (χ1v) is 6.12. The molecule has 0 aliphatic heterocycles. The minimum atomic E-state index is 0. The molecule has 0 spiro atoms. The molecule has 0 amide bonds. The van der Waals surface area contributed by atoms with Gasteiger partial charge in [0.15, 0.2) is 0 Å². The molecular formula is C13H16ClNS. The Bertz CT molecular complexity index is 408. The fourth-order valence-electron chi connectivity index (χ4n) is 1.61. The molecule has 1 aromatic carbocycles. The van der Waals surface area contributed by atoms with E-state index in [1.165, 1.54) is 16.7 Å². The van der Waals surface area contributed by atoms with E-state index in [9.17, 15) is 0 Å². The smallest absolute Gasteiger partial charge is 0.0559 e. The maximum atomic E-state index is 6.16. The molecule has 0 bridgehead atoms. The van der Waals surface area contributed by atoms with E-state index in [1.807, 2.05) is 0 Å². The monoisotopic (exact) mass is 253 g/mol. The number of hydrogen-bond donors (Lipinski definition) is 1. The second kappa shape index (κ2) is 6.04. The second-order valence-electron chi connectivity index (χ2n) is 3.63. The largest absolute Gasteiger partial charge is 0.320 e. The Hall–Kier alpha value is -0.830. The third kappa shape index (κ3) is 2.85. The summed E-state index contributed by atoms with van der Waals surface area (Å²) in [7, 11) is 0. The molecule has 0 fully saturated rings. The molecule has 0 unspecified atom stereocenters. The Labute approximate surface area is 107 Å². The first kappa shape index (κ1) is 13.2. The summed E-state index contributed by atoms with van der Waals surface area (Å²) in [5.74, 6) is 0. The average molecular weight is 254 g/mol. The van der Waals surface area contributed by atoms with Gasteiger partial charge in [0.25, 0.3) is 0 Å². The van der Waals surface area contributed by atoms with Gasteiger partial charge in [-0.25, -0.2) is 0 Å². The molecule has 1 atom stereocenters. The maximum Gasteiger partial charge on any atom is 0.0559 e. The first-order valence-electron chi connectivity index (χ1n) is 5.17. The highest BCUT2D eigenvalue weighted by molar-refractivity contribution is 7.08. The van der Waals surface area contributed by atoms with Crippen molar-refractivity contribution in [3.05, 3.63) is 57.8 Å². The predicted octanol–water partition coefficient (Wildman–Crippen LogP) is 3.78. The van der Waals surface area contributed by atoms with Gasteiger partial charge >= 0.3 is 0 Å². The highest BCUT2D eigenvalue weighted by Crippen LogP contribution is 2.21.